The molecular weight excluding hydrogens is 258 g/mol. The van der Waals surface area contributed by atoms with Crippen LogP contribution < -0.4 is 0 Å². The lowest BCUT2D eigenvalue weighted by molar-refractivity contribution is 0.0603. The third-order valence-electron chi connectivity index (χ3n) is 2.13. The van der Waals surface area contributed by atoms with Gasteiger partial charge in [0.25, 0.3) is 0 Å². The molecular formula is C11H8BrNO2. The maximum Gasteiger partial charge on any atom is 0.338 e. The Bertz CT molecular complexity index is 525. The van der Waals surface area contributed by atoms with Gasteiger partial charge in [-0.1, -0.05) is 12.1 Å². The molecule has 1 heterocycles. The fraction of sp³-hybridized carbons (Fsp3) is 0.0909. The number of aromatic nitrogens is 1. The number of esters is 1. The Morgan fingerprint density at radius 3 is 2.93 bits per heavy atom. The van der Waals surface area contributed by atoms with Gasteiger partial charge in [-0.15, -0.1) is 0 Å². The number of carbonyl (C=O) groups excluding carboxylic acids is 1. The molecule has 0 aliphatic carbocycles. The topological polar surface area (TPSA) is 39.2 Å². The number of halogens is 1. The number of fused-ring (bicyclic) bond motifs is 1. The van der Waals surface area contributed by atoms with E-state index in [4.69, 9.17) is 4.74 Å². The molecule has 0 radical (unpaired) electrons. The summed E-state index contributed by atoms with van der Waals surface area (Å²) in [6, 6.07) is 7.25. The van der Waals surface area contributed by atoms with Crippen molar-refractivity contribution in [3.8, 4) is 0 Å². The SMILES string of the molecule is COC(=O)c1ccnc2c(Br)cccc12. The van der Waals surface area contributed by atoms with Gasteiger partial charge in [0.1, 0.15) is 0 Å². The molecule has 0 saturated carbocycles. The van der Waals surface area contributed by atoms with Crippen LogP contribution in [0.5, 0.6) is 0 Å². The van der Waals surface area contributed by atoms with Crippen LogP contribution in [0.25, 0.3) is 10.9 Å². The minimum atomic E-state index is -0.347. The molecule has 0 aliphatic rings. The first-order chi connectivity index (χ1) is 7.24. The summed E-state index contributed by atoms with van der Waals surface area (Å²) in [6.45, 7) is 0. The van der Waals surface area contributed by atoms with Gasteiger partial charge < -0.3 is 4.74 Å². The largest absolute Gasteiger partial charge is 0.465 e. The Morgan fingerprint density at radius 1 is 1.40 bits per heavy atom. The number of pyridine rings is 1. The van der Waals surface area contributed by atoms with E-state index in [0.29, 0.717) is 5.56 Å². The molecule has 1 aromatic carbocycles. The molecule has 0 amide bonds. The summed E-state index contributed by atoms with van der Waals surface area (Å²) < 4.78 is 5.57. The third kappa shape index (κ3) is 1.72. The maximum atomic E-state index is 11.5. The number of ether oxygens (including phenoxy) is 1. The van der Waals surface area contributed by atoms with Crippen molar-refractivity contribution < 1.29 is 9.53 Å². The number of nitrogens with zero attached hydrogens (tertiary/aromatic N) is 1. The van der Waals surface area contributed by atoms with E-state index in [2.05, 4.69) is 20.9 Å². The van der Waals surface area contributed by atoms with Crippen LogP contribution in [-0.4, -0.2) is 18.1 Å². The highest BCUT2D eigenvalue weighted by Crippen LogP contribution is 2.24. The number of methoxy groups -OCH3 is 1. The number of hydrogen-bond acceptors (Lipinski definition) is 3. The molecule has 2 aromatic rings. The monoisotopic (exact) mass is 265 g/mol. The molecule has 0 unspecified atom stereocenters. The van der Waals surface area contributed by atoms with Crippen molar-refractivity contribution in [1.82, 2.24) is 4.98 Å². The average Bonchev–Trinajstić information content (AvgIpc) is 2.28. The maximum absolute atomic E-state index is 11.5. The number of para-hydroxylation sites is 1. The lowest BCUT2D eigenvalue weighted by Crippen LogP contribution is -2.02. The zero-order chi connectivity index (χ0) is 10.8. The fourth-order valence-corrected chi connectivity index (χ4v) is 1.90. The number of hydrogen-bond donors (Lipinski definition) is 0. The van der Waals surface area contributed by atoms with Crippen molar-refractivity contribution in [1.29, 1.82) is 0 Å². The van der Waals surface area contributed by atoms with Gasteiger partial charge in [-0.2, -0.15) is 0 Å². The van der Waals surface area contributed by atoms with E-state index < -0.39 is 0 Å². The highest BCUT2D eigenvalue weighted by atomic mass is 79.9. The van der Waals surface area contributed by atoms with Gasteiger partial charge >= 0.3 is 5.97 Å². The first kappa shape index (κ1) is 10.1. The number of benzene rings is 1. The van der Waals surface area contributed by atoms with Crippen LogP contribution in [0.15, 0.2) is 34.9 Å². The standard InChI is InChI=1S/C11H8BrNO2/c1-15-11(14)8-5-6-13-10-7(8)3-2-4-9(10)12/h2-6H,1H3. The first-order valence-electron chi connectivity index (χ1n) is 4.35. The van der Waals surface area contributed by atoms with E-state index in [1.807, 2.05) is 18.2 Å². The summed E-state index contributed by atoms with van der Waals surface area (Å²) in [4.78, 5) is 15.7. The van der Waals surface area contributed by atoms with Crippen LogP contribution in [0.1, 0.15) is 10.4 Å². The Labute approximate surface area is 95.2 Å². The van der Waals surface area contributed by atoms with E-state index in [-0.39, 0.29) is 5.97 Å². The predicted molar refractivity (Wildman–Crippen MR) is 60.8 cm³/mol. The lowest BCUT2D eigenvalue weighted by Gasteiger charge is -2.04. The Hall–Kier alpha value is -1.42. The Morgan fingerprint density at radius 2 is 2.20 bits per heavy atom. The van der Waals surface area contributed by atoms with Gasteiger partial charge in [0.2, 0.25) is 0 Å². The number of rotatable bonds is 1. The molecule has 0 bridgehead atoms. The second kappa shape index (κ2) is 3.98. The van der Waals surface area contributed by atoms with Crippen molar-refractivity contribution in [2.75, 3.05) is 7.11 Å². The molecule has 2 rings (SSSR count). The molecule has 76 valence electrons. The lowest BCUT2D eigenvalue weighted by atomic mass is 10.1. The molecule has 0 N–H and O–H groups in total. The summed E-state index contributed by atoms with van der Waals surface area (Å²) in [6.07, 6.45) is 1.60. The minimum Gasteiger partial charge on any atom is -0.465 e. The molecule has 3 nitrogen and oxygen atoms in total. The molecule has 4 heteroatoms. The zero-order valence-electron chi connectivity index (χ0n) is 8.03. The molecule has 0 saturated heterocycles. The average molecular weight is 266 g/mol. The molecule has 15 heavy (non-hydrogen) atoms. The molecule has 0 fully saturated rings. The summed E-state index contributed by atoms with van der Waals surface area (Å²) in [7, 11) is 1.37. The van der Waals surface area contributed by atoms with E-state index in [0.717, 1.165) is 15.4 Å². The van der Waals surface area contributed by atoms with Gasteiger partial charge in [0, 0.05) is 16.1 Å². The van der Waals surface area contributed by atoms with Crippen LogP contribution in [0.3, 0.4) is 0 Å². The summed E-state index contributed by atoms with van der Waals surface area (Å²) in [5.74, 6) is -0.347. The smallest absolute Gasteiger partial charge is 0.338 e. The Kier molecular flexibility index (Phi) is 2.68. The van der Waals surface area contributed by atoms with Gasteiger partial charge in [-0.05, 0) is 28.1 Å². The van der Waals surface area contributed by atoms with Crippen molar-refractivity contribution in [3.63, 3.8) is 0 Å². The quantitative estimate of drug-likeness (QED) is 0.745. The highest BCUT2D eigenvalue weighted by molar-refractivity contribution is 9.10. The number of carbonyl (C=O) groups is 1. The minimum absolute atomic E-state index is 0.347. The van der Waals surface area contributed by atoms with Crippen molar-refractivity contribution in [3.05, 3.63) is 40.5 Å². The second-order valence-electron chi connectivity index (χ2n) is 2.99. The van der Waals surface area contributed by atoms with Crippen LogP contribution in [0.4, 0.5) is 0 Å². The van der Waals surface area contributed by atoms with Crippen LogP contribution >= 0.6 is 15.9 Å². The van der Waals surface area contributed by atoms with Crippen LogP contribution in [-0.2, 0) is 4.74 Å². The van der Waals surface area contributed by atoms with Gasteiger partial charge in [-0.25, -0.2) is 4.79 Å². The van der Waals surface area contributed by atoms with Crippen LogP contribution in [0.2, 0.25) is 0 Å². The van der Waals surface area contributed by atoms with Gasteiger partial charge in [0.15, 0.2) is 0 Å². The zero-order valence-corrected chi connectivity index (χ0v) is 9.61. The van der Waals surface area contributed by atoms with Gasteiger partial charge in [-0.3, -0.25) is 4.98 Å². The molecule has 1 aromatic heterocycles. The fourth-order valence-electron chi connectivity index (χ4n) is 1.43. The highest BCUT2D eigenvalue weighted by Gasteiger charge is 2.11. The normalized spacial score (nSPS) is 10.3. The van der Waals surface area contributed by atoms with Gasteiger partial charge in [0.05, 0.1) is 18.2 Å². The van der Waals surface area contributed by atoms with Crippen molar-refractivity contribution in [2.45, 2.75) is 0 Å². The van der Waals surface area contributed by atoms with Crippen LogP contribution in [0, 0.1) is 0 Å². The first-order valence-corrected chi connectivity index (χ1v) is 5.15. The molecule has 0 spiro atoms. The van der Waals surface area contributed by atoms with E-state index in [9.17, 15) is 4.79 Å². The predicted octanol–water partition coefficient (Wildman–Crippen LogP) is 2.78. The summed E-state index contributed by atoms with van der Waals surface area (Å²) in [5, 5.41) is 0.790. The van der Waals surface area contributed by atoms with Crippen molar-refractivity contribution >= 4 is 32.8 Å². The Balaban J connectivity index is 2.77. The summed E-state index contributed by atoms with van der Waals surface area (Å²) >= 11 is 3.39. The van der Waals surface area contributed by atoms with Crippen molar-refractivity contribution in [2.24, 2.45) is 0 Å². The van der Waals surface area contributed by atoms with E-state index in [1.165, 1.54) is 7.11 Å². The van der Waals surface area contributed by atoms with E-state index in [1.54, 1.807) is 12.3 Å². The summed E-state index contributed by atoms with van der Waals surface area (Å²) in [5.41, 5.74) is 1.30. The third-order valence-corrected chi connectivity index (χ3v) is 2.77. The molecule has 0 aliphatic heterocycles. The molecule has 0 atom stereocenters. The van der Waals surface area contributed by atoms with E-state index >= 15 is 0 Å². The second-order valence-corrected chi connectivity index (χ2v) is 3.84.